The lowest BCUT2D eigenvalue weighted by atomic mass is 10.0. The van der Waals surface area contributed by atoms with Crippen LogP contribution in [0.25, 0.3) is 0 Å². The largest absolute Gasteiger partial charge is 0.459 e. The van der Waals surface area contributed by atoms with Crippen LogP contribution in [0.1, 0.15) is 78.1 Å². The first-order valence-electron chi connectivity index (χ1n) is 9.25. The van der Waals surface area contributed by atoms with Crippen molar-refractivity contribution in [1.82, 2.24) is 0 Å². The van der Waals surface area contributed by atoms with Gasteiger partial charge in [0.15, 0.2) is 0 Å². The zero-order chi connectivity index (χ0) is 18.4. The minimum atomic E-state index is -1.21. The van der Waals surface area contributed by atoms with E-state index in [9.17, 15) is 15.0 Å². The number of aliphatic hydroxyl groups is 3. The molecule has 0 rings (SSSR count). The van der Waals surface area contributed by atoms with Crippen LogP contribution in [0.5, 0.6) is 0 Å². The van der Waals surface area contributed by atoms with E-state index in [1.165, 1.54) is 32.1 Å². The van der Waals surface area contributed by atoms with Gasteiger partial charge in [-0.15, -0.1) is 0 Å². The van der Waals surface area contributed by atoms with Crippen LogP contribution >= 0.6 is 0 Å². The van der Waals surface area contributed by atoms with Crippen LogP contribution in [0.4, 0.5) is 0 Å². The average molecular weight is 344 g/mol. The lowest BCUT2D eigenvalue weighted by molar-refractivity contribution is -0.147. The molecule has 0 heterocycles. The smallest absolute Gasteiger partial charge is 0.333 e. The van der Waals surface area contributed by atoms with E-state index in [4.69, 9.17) is 9.84 Å². The highest BCUT2D eigenvalue weighted by Crippen LogP contribution is 2.17. The molecule has 0 saturated heterocycles. The predicted octanol–water partition coefficient (Wildman–Crippen LogP) is 3.11. The number of ether oxygens (including phenoxy) is 1. The number of carbonyl (C=O) groups is 1. The summed E-state index contributed by atoms with van der Waals surface area (Å²) in [5, 5.41) is 28.2. The molecule has 3 N–H and O–H groups in total. The van der Waals surface area contributed by atoms with Gasteiger partial charge in [0.2, 0.25) is 0 Å². The van der Waals surface area contributed by atoms with Crippen LogP contribution in [-0.2, 0) is 9.53 Å². The summed E-state index contributed by atoms with van der Waals surface area (Å²) in [6, 6.07) is 0. The van der Waals surface area contributed by atoms with Crippen molar-refractivity contribution in [2.24, 2.45) is 0 Å². The molecule has 0 aromatic rings. The molecule has 24 heavy (non-hydrogen) atoms. The zero-order valence-corrected chi connectivity index (χ0v) is 15.4. The predicted molar refractivity (Wildman–Crippen MR) is 95.6 cm³/mol. The van der Waals surface area contributed by atoms with Crippen molar-refractivity contribution >= 4 is 5.97 Å². The highest BCUT2D eigenvalue weighted by atomic mass is 16.5. The number of aliphatic hydroxyl groups excluding tert-OH is 3. The molecule has 0 saturated carbocycles. The summed E-state index contributed by atoms with van der Waals surface area (Å²) in [7, 11) is 0. The van der Waals surface area contributed by atoms with Gasteiger partial charge in [0.25, 0.3) is 0 Å². The van der Waals surface area contributed by atoms with Crippen molar-refractivity contribution in [2.45, 2.75) is 96.4 Å². The van der Waals surface area contributed by atoms with Gasteiger partial charge in [-0.3, -0.25) is 0 Å². The summed E-state index contributed by atoms with van der Waals surface area (Å²) in [6.07, 6.45) is 7.43. The molecule has 3 atom stereocenters. The maximum atomic E-state index is 11.7. The van der Waals surface area contributed by atoms with Crippen molar-refractivity contribution in [1.29, 1.82) is 0 Å². The van der Waals surface area contributed by atoms with Gasteiger partial charge in [-0.05, 0) is 19.8 Å². The quantitative estimate of drug-likeness (QED) is 0.241. The molecule has 0 aliphatic carbocycles. The number of hydrogen-bond donors (Lipinski definition) is 3. The third-order valence-electron chi connectivity index (χ3n) is 4.14. The first kappa shape index (κ1) is 23.1. The molecule has 0 fully saturated rings. The molecule has 0 aliphatic heterocycles. The molecule has 3 unspecified atom stereocenters. The van der Waals surface area contributed by atoms with E-state index in [0.29, 0.717) is 12.0 Å². The van der Waals surface area contributed by atoms with Gasteiger partial charge >= 0.3 is 5.97 Å². The SMILES string of the molecule is C=C(C)C(=O)OC(CCCCCCCCCC)CC(O)C(O)CO. The molecular formula is C19H36O5. The lowest BCUT2D eigenvalue weighted by Gasteiger charge is -2.23. The van der Waals surface area contributed by atoms with Crippen molar-refractivity contribution in [3.05, 3.63) is 12.2 Å². The lowest BCUT2D eigenvalue weighted by Crippen LogP contribution is -2.34. The van der Waals surface area contributed by atoms with Crippen molar-refractivity contribution in [3.63, 3.8) is 0 Å². The number of unbranched alkanes of at least 4 members (excludes halogenated alkanes) is 7. The first-order chi connectivity index (χ1) is 11.4. The van der Waals surface area contributed by atoms with Crippen LogP contribution < -0.4 is 0 Å². The second kappa shape index (κ2) is 14.4. The second-order valence-corrected chi connectivity index (χ2v) is 6.62. The Hall–Kier alpha value is -0.910. The number of rotatable bonds is 15. The number of carbonyl (C=O) groups excluding carboxylic acids is 1. The van der Waals surface area contributed by atoms with E-state index in [1.54, 1.807) is 6.92 Å². The van der Waals surface area contributed by atoms with E-state index in [1.807, 2.05) is 0 Å². The maximum absolute atomic E-state index is 11.7. The summed E-state index contributed by atoms with van der Waals surface area (Å²) >= 11 is 0. The fraction of sp³-hybridized carbons (Fsp3) is 0.842. The summed E-state index contributed by atoms with van der Waals surface area (Å²) in [4.78, 5) is 11.7. The van der Waals surface area contributed by atoms with E-state index in [0.717, 1.165) is 19.3 Å². The van der Waals surface area contributed by atoms with E-state index in [2.05, 4.69) is 13.5 Å². The summed E-state index contributed by atoms with van der Waals surface area (Å²) < 4.78 is 5.35. The third-order valence-corrected chi connectivity index (χ3v) is 4.14. The summed E-state index contributed by atoms with van der Waals surface area (Å²) in [5.74, 6) is -0.481. The standard InChI is InChI=1S/C19H36O5/c1-4-5-6-7-8-9-10-11-12-16(24-19(23)15(2)3)13-17(21)18(22)14-20/h16-18,20-22H,2,4-14H2,1,3H3. The molecule has 0 amide bonds. The monoisotopic (exact) mass is 344 g/mol. The summed E-state index contributed by atoms with van der Waals surface area (Å²) in [5.41, 5.74) is 0.313. The Balaban J connectivity index is 4.15. The van der Waals surface area contributed by atoms with E-state index in [-0.39, 0.29) is 6.42 Å². The fourth-order valence-corrected chi connectivity index (χ4v) is 2.53. The topological polar surface area (TPSA) is 87.0 Å². The molecule has 5 heteroatoms. The molecule has 0 aliphatic rings. The minimum Gasteiger partial charge on any atom is -0.459 e. The van der Waals surface area contributed by atoms with Crippen molar-refractivity contribution in [3.8, 4) is 0 Å². The zero-order valence-electron chi connectivity index (χ0n) is 15.4. The van der Waals surface area contributed by atoms with Gasteiger partial charge in [0.05, 0.1) is 12.7 Å². The molecule has 142 valence electrons. The molecule has 0 radical (unpaired) electrons. The Bertz CT molecular complexity index is 343. The van der Waals surface area contributed by atoms with Gasteiger partial charge < -0.3 is 20.1 Å². The Labute approximate surface area is 146 Å². The van der Waals surface area contributed by atoms with Gasteiger partial charge in [0, 0.05) is 12.0 Å². The molecular weight excluding hydrogens is 308 g/mol. The highest BCUT2D eigenvalue weighted by molar-refractivity contribution is 5.87. The van der Waals surface area contributed by atoms with Crippen molar-refractivity contribution in [2.75, 3.05) is 6.61 Å². The van der Waals surface area contributed by atoms with Gasteiger partial charge in [-0.1, -0.05) is 58.4 Å². The van der Waals surface area contributed by atoms with Crippen LogP contribution in [-0.4, -0.2) is 46.2 Å². The molecule has 0 bridgehead atoms. The van der Waals surface area contributed by atoms with Crippen molar-refractivity contribution < 1.29 is 24.9 Å². The minimum absolute atomic E-state index is 0.122. The molecule has 5 nitrogen and oxygen atoms in total. The van der Waals surface area contributed by atoms with Gasteiger partial charge in [-0.2, -0.15) is 0 Å². The highest BCUT2D eigenvalue weighted by Gasteiger charge is 2.23. The Kier molecular flexibility index (Phi) is 13.9. The molecule has 0 aromatic heterocycles. The summed E-state index contributed by atoms with van der Waals surface area (Å²) in [6.45, 7) is 6.82. The van der Waals surface area contributed by atoms with Gasteiger partial charge in [-0.25, -0.2) is 4.79 Å². The normalized spacial score (nSPS) is 14.9. The van der Waals surface area contributed by atoms with Crippen LogP contribution in [0, 0.1) is 0 Å². The van der Waals surface area contributed by atoms with Gasteiger partial charge in [0.1, 0.15) is 12.2 Å². The first-order valence-corrected chi connectivity index (χ1v) is 9.25. The van der Waals surface area contributed by atoms with Crippen LogP contribution in [0.3, 0.4) is 0 Å². The second-order valence-electron chi connectivity index (χ2n) is 6.62. The van der Waals surface area contributed by atoms with E-state index < -0.39 is 30.9 Å². The fourth-order valence-electron chi connectivity index (χ4n) is 2.53. The number of esters is 1. The maximum Gasteiger partial charge on any atom is 0.333 e. The van der Waals surface area contributed by atoms with Crippen LogP contribution in [0.2, 0.25) is 0 Å². The molecule has 0 aromatic carbocycles. The Morgan fingerprint density at radius 2 is 1.54 bits per heavy atom. The van der Waals surface area contributed by atoms with Crippen LogP contribution in [0.15, 0.2) is 12.2 Å². The van der Waals surface area contributed by atoms with E-state index >= 15 is 0 Å². The Morgan fingerprint density at radius 3 is 2.04 bits per heavy atom. The Morgan fingerprint density at radius 1 is 1.00 bits per heavy atom. The molecule has 0 spiro atoms. The third kappa shape index (κ3) is 11.6. The average Bonchev–Trinajstić information content (AvgIpc) is 2.55. The number of hydrogen-bond acceptors (Lipinski definition) is 5.